The number of aromatic nitrogens is 1. The predicted octanol–water partition coefficient (Wildman–Crippen LogP) is 2.80. The van der Waals surface area contributed by atoms with Crippen LogP contribution in [-0.4, -0.2) is 12.0 Å². The summed E-state index contributed by atoms with van der Waals surface area (Å²) in [5.41, 5.74) is 2.40. The van der Waals surface area contributed by atoms with Crippen molar-refractivity contribution in [2.45, 2.75) is 13.0 Å². The van der Waals surface area contributed by atoms with E-state index in [2.05, 4.69) is 29.4 Å². The molecule has 1 atom stereocenters. The molecule has 0 spiro atoms. The molecule has 3 aromatic rings. The molecule has 3 rings (SSSR count). The van der Waals surface area contributed by atoms with Crippen molar-refractivity contribution in [3.05, 3.63) is 56.2 Å². The minimum Gasteiger partial charge on any atom is -0.408 e. The zero-order valence-electron chi connectivity index (χ0n) is 10.7. The van der Waals surface area contributed by atoms with Crippen LogP contribution in [0.3, 0.4) is 0 Å². The van der Waals surface area contributed by atoms with Crippen molar-refractivity contribution in [2.24, 2.45) is 0 Å². The molecule has 98 valence electrons. The largest absolute Gasteiger partial charge is 0.417 e. The third-order valence-corrected chi connectivity index (χ3v) is 4.18. The van der Waals surface area contributed by atoms with E-state index < -0.39 is 5.76 Å². The summed E-state index contributed by atoms with van der Waals surface area (Å²) in [5, 5.41) is 3.30. The van der Waals surface area contributed by atoms with Crippen molar-refractivity contribution in [1.29, 1.82) is 0 Å². The third kappa shape index (κ3) is 2.22. The van der Waals surface area contributed by atoms with Crippen LogP contribution in [0.25, 0.3) is 11.1 Å². The molecule has 0 aliphatic heterocycles. The molecule has 2 aromatic heterocycles. The topological polar surface area (TPSA) is 58.0 Å². The number of hydrogen-bond donors (Lipinski definition) is 2. The van der Waals surface area contributed by atoms with E-state index in [0.29, 0.717) is 5.58 Å². The molecular formula is C14H14N2O2S. The van der Waals surface area contributed by atoms with Crippen molar-refractivity contribution in [3.8, 4) is 0 Å². The van der Waals surface area contributed by atoms with Gasteiger partial charge in [0.05, 0.1) is 11.6 Å². The number of fused-ring (bicyclic) bond motifs is 1. The van der Waals surface area contributed by atoms with Gasteiger partial charge in [-0.15, -0.1) is 11.3 Å². The molecular weight excluding hydrogens is 260 g/mol. The summed E-state index contributed by atoms with van der Waals surface area (Å²) < 4.78 is 5.11. The summed E-state index contributed by atoms with van der Waals surface area (Å²) in [6.45, 7) is 2.09. The minimum atomic E-state index is -0.417. The number of rotatable bonds is 3. The van der Waals surface area contributed by atoms with Crippen LogP contribution in [0, 0.1) is 6.92 Å². The highest BCUT2D eigenvalue weighted by atomic mass is 32.1. The van der Waals surface area contributed by atoms with Crippen LogP contribution >= 0.6 is 11.3 Å². The molecule has 4 nitrogen and oxygen atoms in total. The van der Waals surface area contributed by atoms with Gasteiger partial charge < -0.3 is 9.73 Å². The summed E-state index contributed by atoms with van der Waals surface area (Å²) in [6.07, 6.45) is 0. The summed E-state index contributed by atoms with van der Waals surface area (Å²) in [5.74, 6) is -0.417. The smallest absolute Gasteiger partial charge is 0.408 e. The highest BCUT2D eigenvalue weighted by molar-refractivity contribution is 7.12. The van der Waals surface area contributed by atoms with Crippen molar-refractivity contribution >= 4 is 22.4 Å². The second kappa shape index (κ2) is 4.68. The first-order valence-electron chi connectivity index (χ1n) is 6.04. The molecule has 0 radical (unpaired) electrons. The molecule has 5 heteroatoms. The predicted molar refractivity (Wildman–Crippen MR) is 76.8 cm³/mol. The Kier molecular flexibility index (Phi) is 3.00. The van der Waals surface area contributed by atoms with Gasteiger partial charge in [-0.1, -0.05) is 6.07 Å². The van der Waals surface area contributed by atoms with Gasteiger partial charge in [0.2, 0.25) is 0 Å². The van der Waals surface area contributed by atoms with Crippen molar-refractivity contribution < 1.29 is 4.42 Å². The zero-order chi connectivity index (χ0) is 13.4. The number of aromatic amines is 1. The van der Waals surface area contributed by atoms with E-state index in [4.69, 9.17) is 4.42 Å². The number of oxazole rings is 1. The van der Waals surface area contributed by atoms with Crippen LogP contribution in [0.4, 0.5) is 0 Å². The van der Waals surface area contributed by atoms with Gasteiger partial charge in [0.25, 0.3) is 0 Å². The van der Waals surface area contributed by atoms with Gasteiger partial charge in [0.15, 0.2) is 5.58 Å². The van der Waals surface area contributed by atoms with E-state index >= 15 is 0 Å². The Morgan fingerprint density at radius 2 is 2.16 bits per heavy atom. The van der Waals surface area contributed by atoms with Gasteiger partial charge in [-0.3, -0.25) is 4.98 Å². The number of aryl methyl sites for hydroxylation is 1. The average molecular weight is 274 g/mol. The van der Waals surface area contributed by atoms with Crippen molar-refractivity contribution in [3.63, 3.8) is 0 Å². The van der Waals surface area contributed by atoms with Gasteiger partial charge >= 0.3 is 5.76 Å². The normalized spacial score (nSPS) is 12.9. The van der Waals surface area contributed by atoms with E-state index in [1.807, 2.05) is 25.2 Å². The zero-order valence-corrected chi connectivity index (χ0v) is 11.5. The molecule has 2 heterocycles. The SMILES string of the molecule is CNC(c1ccc2[nH]c(=O)oc2c1)c1ccc(C)s1. The van der Waals surface area contributed by atoms with Gasteiger partial charge in [-0.25, -0.2) is 4.79 Å². The monoisotopic (exact) mass is 274 g/mol. The van der Waals surface area contributed by atoms with Gasteiger partial charge in [0.1, 0.15) is 0 Å². The summed E-state index contributed by atoms with van der Waals surface area (Å²) in [4.78, 5) is 16.4. The Labute approximate surface area is 114 Å². The number of nitrogens with one attached hydrogen (secondary N) is 2. The molecule has 0 fully saturated rings. The Hall–Kier alpha value is -1.85. The van der Waals surface area contributed by atoms with Crippen molar-refractivity contribution in [2.75, 3.05) is 7.05 Å². The quantitative estimate of drug-likeness (QED) is 0.772. The van der Waals surface area contributed by atoms with Gasteiger partial charge in [0, 0.05) is 9.75 Å². The first kappa shape index (κ1) is 12.2. The molecule has 1 unspecified atom stereocenters. The Morgan fingerprint density at radius 3 is 2.84 bits per heavy atom. The van der Waals surface area contributed by atoms with Crippen LogP contribution in [-0.2, 0) is 0 Å². The second-order valence-electron chi connectivity index (χ2n) is 4.44. The van der Waals surface area contributed by atoms with Crippen LogP contribution in [0.15, 0.2) is 39.5 Å². The lowest BCUT2D eigenvalue weighted by atomic mass is 10.1. The maximum atomic E-state index is 11.2. The van der Waals surface area contributed by atoms with Crippen LogP contribution in [0.2, 0.25) is 0 Å². The molecule has 19 heavy (non-hydrogen) atoms. The first-order valence-corrected chi connectivity index (χ1v) is 6.85. The average Bonchev–Trinajstić information content (AvgIpc) is 2.95. The molecule has 0 amide bonds. The third-order valence-electron chi connectivity index (χ3n) is 3.11. The molecule has 1 aromatic carbocycles. The second-order valence-corrected chi connectivity index (χ2v) is 5.76. The fraction of sp³-hybridized carbons (Fsp3) is 0.214. The Morgan fingerprint density at radius 1 is 1.32 bits per heavy atom. The molecule has 0 aliphatic rings. The van der Waals surface area contributed by atoms with E-state index in [1.54, 1.807) is 11.3 Å². The molecule has 0 bridgehead atoms. The van der Waals surface area contributed by atoms with Gasteiger partial charge in [-0.05, 0) is 43.8 Å². The lowest BCUT2D eigenvalue weighted by Gasteiger charge is -2.14. The van der Waals surface area contributed by atoms with Crippen molar-refractivity contribution in [1.82, 2.24) is 10.3 Å². The van der Waals surface area contributed by atoms with E-state index in [9.17, 15) is 4.79 Å². The van der Waals surface area contributed by atoms with Crippen LogP contribution in [0.1, 0.15) is 21.4 Å². The molecule has 2 N–H and O–H groups in total. The van der Waals surface area contributed by atoms with E-state index in [0.717, 1.165) is 11.1 Å². The molecule has 0 saturated heterocycles. The summed E-state index contributed by atoms with van der Waals surface area (Å²) in [7, 11) is 1.93. The van der Waals surface area contributed by atoms with Gasteiger partial charge in [-0.2, -0.15) is 0 Å². The maximum Gasteiger partial charge on any atom is 0.417 e. The Bertz CT molecular complexity index is 769. The summed E-state index contributed by atoms with van der Waals surface area (Å²) >= 11 is 1.76. The lowest BCUT2D eigenvalue weighted by molar-refractivity contribution is 0.554. The number of thiophene rings is 1. The number of hydrogen-bond acceptors (Lipinski definition) is 4. The lowest BCUT2D eigenvalue weighted by Crippen LogP contribution is -2.16. The highest BCUT2D eigenvalue weighted by Crippen LogP contribution is 2.29. The first-order chi connectivity index (χ1) is 9.17. The standard InChI is InChI=1S/C14H14N2O2S/c1-8-3-6-12(19-8)13(15-2)9-4-5-10-11(7-9)18-14(17)16-10/h3-7,13,15H,1-2H3,(H,16,17). The van der Waals surface area contributed by atoms with E-state index in [-0.39, 0.29) is 6.04 Å². The summed E-state index contributed by atoms with van der Waals surface area (Å²) in [6, 6.07) is 10.1. The number of benzene rings is 1. The van der Waals surface area contributed by atoms with E-state index in [1.165, 1.54) is 9.75 Å². The molecule has 0 saturated carbocycles. The molecule has 0 aliphatic carbocycles. The van der Waals surface area contributed by atoms with Crippen LogP contribution in [0.5, 0.6) is 0 Å². The Balaban J connectivity index is 2.07. The van der Waals surface area contributed by atoms with Crippen LogP contribution < -0.4 is 11.1 Å². The minimum absolute atomic E-state index is 0.114. The fourth-order valence-electron chi connectivity index (χ4n) is 2.22. The maximum absolute atomic E-state index is 11.2. The highest BCUT2D eigenvalue weighted by Gasteiger charge is 2.15. The number of H-pyrrole nitrogens is 1. The fourth-order valence-corrected chi connectivity index (χ4v) is 3.24.